The second-order valence-electron chi connectivity index (χ2n) is 5.59. The van der Waals surface area contributed by atoms with Crippen LogP contribution in [0, 0.1) is 5.82 Å². The first-order valence-electron chi connectivity index (χ1n) is 7.61. The quantitative estimate of drug-likeness (QED) is 0.574. The Hall–Kier alpha value is -2.54. The third kappa shape index (κ3) is 3.68. The fourth-order valence-electron chi connectivity index (χ4n) is 2.62. The largest absolute Gasteiger partial charge is 0.508 e. The molecule has 2 aromatic rings. The van der Waals surface area contributed by atoms with E-state index in [0.29, 0.717) is 10.8 Å². The zero-order valence-electron chi connectivity index (χ0n) is 12.9. The summed E-state index contributed by atoms with van der Waals surface area (Å²) in [6.07, 6.45) is 0. The topological polar surface area (TPSA) is 59.0 Å². The van der Waals surface area contributed by atoms with Crippen LogP contribution in [0.4, 0.5) is 15.8 Å². The van der Waals surface area contributed by atoms with Gasteiger partial charge in [-0.1, -0.05) is 0 Å². The van der Waals surface area contributed by atoms with Crippen LogP contribution < -0.4 is 10.2 Å². The maximum Gasteiger partial charge on any atom is 0.173 e. The smallest absolute Gasteiger partial charge is 0.173 e. The van der Waals surface area contributed by atoms with E-state index in [1.54, 1.807) is 18.2 Å². The Morgan fingerprint density at radius 3 is 2.29 bits per heavy atom. The summed E-state index contributed by atoms with van der Waals surface area (Å²) < 4.78 is 13.4. The van der Waals surface area contributed by atoms with E-state index in [1.165, 1.54) is 12.1 Å². The van der Waals surface area contributed by atoms with E-state index in [-0.39, 0.29) is 11.5 Å². The number of phenolic OH excluding ortho intramolecular Hbond substituents is 2. The molecule has 1 aliphatic rings. The molecule has 0 atom stereocenters. The summed E-state index contributed by atoms with van der Waals surface area (Å²) in [5, 5.41) is 22.1. The number of nitrogens with one attached hydrogen (secondary N) is 1. The summed E-state index contributed by atoms with van der Waals surface area (Å²) in [4.78, 5) is 4.25. The van der Waals surface area contributed by atoms with Crippen LogP contribution in [0.5, 0.6) is 11.5 Å². The van der Waals surface area contributed by atoms with E-state index in [1.807, 2.05) is 17.0 Å². The van der Waals surface area contributed by atoms with Gasteiger partial charge >= 0.3 is 0 Å². The van der Waals surface area contributed by atoms with Crippen LogP contribution in [-0.4, -0.2) is 46.4 Å². The van der Waals surface area contributed by atoms with E-state index in [4.69, 9.17) is 12.2 Å². The van der Waals surface area contributed by atoms with E-state index in [9.17, 15) is 14.6 Å². The summed E-state index contributed by atoms with van der Waals surface area (Å²) in [7, 11) is 0. The van der Waals surface area contributed by atoms with Gasteiger partial charge in [-0.3, -0.25) is 0 Å². The van der Waals surface area contributed by atoms with Crippen LogP contribution in [0.25, 0.3) is 0 Å². The van der Waals surface area contributed by atoms with Crippen LogP contribution in [0.1, 0.15) is 0 Å². The van der Waals surface area contributed by atoms with Gasteiger partial charge in [-0.05, 0) is 48.6 Å². The van der Waals surface area contributed by atoms with E-state index in [2.05, 4.69) is 10.2 Å². The number of hydrogen-bond acceptors (Lipinski definition) is 4. The van der Waals surface area contributed by atoms with Crippen molar-refractivity contribution in [2.24, 2.45) is 0 Å². The Morgan fingerprint density at radius 1 is 1.00 bits per heavy atom. The molecule has 3 N–H and O–H groups in total. The molecule has 0 radical (unpaired) electrons. The average molecular weight is 347 g/mol. The van der Waals surface area contributed by atoms with Crippen molar-refractivity contribution in [3.63, 3.8) is 0 Å². The lowest BCUT2D eigenvalue weighted by molar-refractivity contribution is 0.390. The van der Waals surface area contributed by atoms with Gasteiger partial charge in [-0.15, -0.1) is 0 Å². The van der Waals surface area contributed by atoms with Crippen molar-refractivity contribution < 1.29 is 14.6 Å². The van der Waals surface area contributed by atoms with Crippen molar-refractivity contribution in [1.82, 2.24) is 4.90 Å². The van der Waals surface area contributed by atoms with E-state index < -0.39 is 5.82 Å². The summed E-state index contributed by atoms with van der Waals surface area (Å²) in [6, 6.07) is 11.2. The Labute approximate surface area is 144 Å². The van der Waals surface area contributed by atoms with Crippen LogP contribution >= 0.6 is 12.2 Å². The predicted octanol–water partition coefficient (Wildman–Crippen LogP) is 2.76. The number of anilines is 2. The second-order valence-corrected chi connectivity index (χ2v) is 5.97. The Bertz CT molecular complexity index is 731. The molecule has 0 spiro atoms. The van der Waals surface area contributed by atoms with Gasteiger partial charge in [0.15, 0.2) is 16.7 Å². The molecule has 5 nitrogen and oxygen atoms in total. The third-order valence-electron chi connectivity index (χ3n) is 3.98. The molecule has 3 rings (SSSR count). The highest BCUT2D eigenvalue weighted by atomic mass is 32.1. The van der Waals surface area contributed by atoms with Gasteiger partial charge in [-0.2, -0.15) is 0 Å². The molecule has 1 fully saturated rings. The first kappa shape index (κ1) is 16.3. The summed E-state index contributed by atoms with van der Waals surface area (Å²) in [5.41, 5.74) is 1.57. The number of phenols is 2. The van der Waals surface area contributed by atoms with Crippen LogP contribution in [0.2, 0.25) is 0 Å². The highest BCUT2D eigenvalue weighted by molar-refractivity contribution is 7.80. The van der Waals surface area contributed by atoms with E-state index in [0.717, 1.165) is 31.9 Å². The van der Waals surface area contributed by atoms with Crippen molar-refractivity contribution in [2.45, 2.75) is 0 Å². The SMILES string of the molecule is Oc1ccc(N2CCN(C(=S)Nc3ccc(O)c(F)c3)CC2)cc1. The first-order chi connectivity index (χ1) is 11.5. The fraction of sp³-hybridized carbons (Fsp3) is 0.235. The fourth-order valence-corrected chi connectivity index (χ4v) is 2.92. The van der Waals surface area contributed by atoms with Crippen molar-refractivity contribution in [3.05, 3.63) is 48.3 Å². The molecule has 0 aliphatic carbocycles. The van der Waals surface area contributed by atoms with Crippen LogP contribution in [0.15, 0.2) is 42.5 Å². The molecule has 0 aromatic heterocycles. The lowest BCUT2D eigenvalue weighted by atomic mass is 10.2. The van der Waals surface area contributed by atoms with Crippen molar-refractivity contribution >= 4 is 28.7 Å². The van der Waals surface area contributed by atoms with Crippen LogP contribution in [-0.2, 0) is 0 Å². The molecule has 0 amide bonds. The molecule has 0 saturated carbocycles. The number of aromatic hydroxyl groups is 2. The molecule has 1 heterocycles. The maximum atomic E-state index is 13.4. The highest BCUT2D eigenvalue weighted by Crippen LogP contribution is 2.21. The van der Waals surface area contributed by atoms with Gasteiger partial charge in [0, 0.05) is 43.6 Å². The predicted molar refractivity (Wildman–Crippen MR) is 96.2 cm³/mol. The highest BCUT2D eigenvalue weighted by Gasteiger charge is 2.19. The van der Waals surface area contributed by atoms with Gasteiger partial charge in [0.05, 0.1) is 0 Å². The second kappa shape index (κ2) is 6.92. The number of halogens is 1. The molecule has 0 unspecified atom stereocenters. The van der Waals surface area contributed by atoms with Gasteiger partial charge in [0.25, 0.3) is 0 Å². The standard InChI is InChI=1S/C17H18FN3O2S/c18-15-11-12(1-6-16(15)23)19-17(24)21-9-7-20(8-10-21)13-2-4-14(22)5-3-13/h1-6,11,22-23H,7-10H2,(H,19,24). The monoisotopic (exact) mass is 347 g/mol. The summed E-state index contributed by atoms with van der Waals surface area (Å²) in [5.74, 6) is -0.808. The third-order valence-corrected chi connectivity index (χ3v) is 4.34. The molecule has 2 aromatic carbocycles. The Kier molecular flexibility index (Phi) is 4.71. The zero-order valence-corrected chi connectivity index (χ0v) is 13.8. The van der Waals surface area contributed by atoms with Crippen LogP contribution in [0.3, 0.4) is 0 Å². The minimum Gasteiger partial charge on any atom is -0.508 e. The van der Waals surface area contributed by atoms with Gasteiger partial charge in [0.1, 0.15) is 5.75 Å². The number of benzene rings is 2. The van der Waals surface area contributed by atoms with Gasteiger partial charge < -0.3 is 25.3 Å². The lowest BCUT2D eigenvalue weighted by Crippen LogP contribution is -2.50. The molecular formula is C17H18FN3O2S. The number of thiocarbonyl (C=S) groups is 1. The van der Waals surface area contributed by atoms with Gasteiger partial charge in [0.2, 0.25) is 0 Å². The molecular weight excluding hydrogens is 329 g/mol. The Balaban J connectivity index is 1.56. The molecule has 126 valence electrons. The lowest BCUT2D eigenvalue weighted by Gasteiger charge is -2.37. The van der Waals surface area contributed by atoms with Gasteiger partial charge in [-0.25, -0.2) is 4.39 Å². The van der Waals surface area contributed by atoms with Crippen molar-refractivity contribution in [2.75, 3.05) is 36.4 Å². The molecule has 0 bridgehead atoms. The van der Waals surface area contributed by atoms with E-state index >= 15 is 0 Å². The molecule has 24 heavy (non-hydrogen) atoms. The summed E-state index contributed by atoms with van der Waals surface area (Å²) >= 11 is 5.38. The number of nitrogens with zero attached hydrogens (tertiary/aromatic N) is 2. The minimum absolute atomic E-state index is 0.254. The maximum absolute atomic E-state index is 13.4. The number of rotatable bonds is 2. The van der Waals surface area contributed by atoms with Crippen molar-refractivity contribution in [1.29, 1.82) is 0 Å². The Morgan fingerprint density at radius 2 is 1.67 bits per heavy atom. The molecule has 1 aliphatic heterocycles. The first-order valence-corrected chi connectivity index (χ1v) is 8.02. The number of piperazine rings is 1. The molecule has 7 heteroatoms. The molecule has 1 saturated heterocycles. The minimum atomic E-state index is -0.681. The summed E-state index contributed by atoms with van der Waals surface area (Å²) in [6.45, 7) is 3.09. The van der Waals surface area contributed by atoms with Crippen molar-refractivity contribution in [3.8, 4) is 11.5 Å². The normalized spacial score (nSPS) is 14.5. The zero-order chi connectivity index (χ0) is 17.1. The average Bonchev–Trinajstić information content (AvgIpc) is 2.59. The number of hydrogen-bond donors (Lipinski definition) is 3.